The highest BCUT2D eigenvalue weighted by Crippen LogP contribution is 2.38. The molecule has 2 aromatic rings. The molecule has 0 amide bonds. The van der Waals surface area contributed by atoms with Crippen molar-refractivity contribution in [2.24, 2.45) is 5.73 Å². The smallest absolute Gasteiger partial charge is 0.120 e. The Kier molecular flexibility index (Phi) is 3.22. The van der Waals surface area contributed by atoms with Crippen LogP contribution in [0.4, 0.5) is 0 Å². The minimum atomic E-state index is 0.289. The van der Waals surface area contributed by atoms with Gasteiger partial charge in [-0.3, -0.25) is 0 Å². The Labute approximate surface area is 111 Å². The van der Waals surface area contributed by atoms with Gasteiger partial charge < -0.3 is 10.5 Å². The molecule has 2 N–H and O–H groups in total. The van der Waals surface area contributed by atoms with Crippen LogP contribution in [-0.2, 0) is 0 Å². The van der Waals surface area contributed by atoms with E-state index in [9.17, 15) is 0 Å². The summed E-state index contributed by atoms with van der Waals surface area (Å²) in [5, 5.41) is 1.20. The van der Waals surface area contributed by atoms with E-state index < -0.39 is 0 Å². The topological polar surface area (TPSA) is 48.1 Å². The van der Waals surface area contributed by atoms with E-state index in [-0.39, 0.29) is 6.04 Å². The van der Waals surface area contributed by atoms with Crippen molar-refractivity contribution in [2.45, 2.75) is 38.1 Å². The Balaban J connectivity index is 1.95. The van der Waals surface area contributed by atoms with Gasteiger partial charge in [-0.1, -0.05) is 6.42 Å². The molecule has 96 valence electrons. The number of ether oxygens (including phenoxy) is 1. The Morgan fingerprint density at radius 3 is 3.06 bits per heavy atom. The lowest BCUT2D eigenvalue weighted by Crippen LogP contribution is -2.22. The van der Waals surface area contributed by atoms with Crippen molar-refractivity contribution >= 4 is 21.6 Å². The average molecular weight is 262 g/mol. The van der Waals surface area contributed by atoms with Crippen LogP contribution in [0.1, 0.15) is 37.1 Å². The van der Waals surface area contributed by atoms with Crippen LogP contribution in [0.25, 0.3) is 10.2 Å². The predicted octanol–water partition coefficient (Wildman–Crippen LogP) is 3.29. The Bertz CT molecular complexity index is 552. The number of aromatic nitrogens is 1. The van der Waals surface area contributed by atoms with Gasteiger partial charge in [0.15, 0.2) is 0 Å². The molecule has 18 heavy (non-hydrogen) atoms. The molecule has 0 saturated heterocycles. The molecule has 0 aliphatic heterocycles. The molecule has 1 aromatic carbocycles. The van der Waals surface area contributed by atoms with E-state index in [0.29, 0.717) is 12.5 Å². The minimum Gasteiger partial charge on any atom is -0.494 e. The van der Waals surface area contributed by atoms with Gasteiger partial charge in [0.1, 0.15) is 5.75 Å². The molecule has 0 radical (unpaired) electrons. The highest BCUT2D eigenvalue weighted by atomic mass is 32.1. The summed E-state index contributed by atoms with van der Waals surface area (Å²) in [5.74, 6) is 1.38. The van der Waals surface area contributed by atoms with Crippen LogP contribution in [0.3, 0.4) is 0 Å². The van der Waals surface area contributed by atoms with E-state index in [0.717, 1.165) is 17.7 Å². The number of fused-ring (bicyclic) bond motifs is 1. The first kappa shape index (κ1) is 11.9. The fourth-order valence-electron chi connectivity index (χ4n) is 2.63. The average Bonchev–Trinajstić information content (AvgIpc) is 2.94. The molecule has 1 aliphatic rings. The van der Waals surface area contributed by atoms with Gasteiger partial charge in [-0.2, -0.15) is 0 Å². The summed E-state index contributed by atoms with van der Waals surface area (Å²) in [4.78, 5) is 4.73. The van der Waals surface area contributed by atoms with Gasteiger partial charge in [0, 0.05) is 12.0 Å². The first-order valence-electron chi connectivity index (χ1n) is 6.57. The zero-order chi connectivity index (χ0) is 12.5. The van der Waals surface area contributed by atoms with Crippen LogP contribution in [0.2, 0.25) is 0 Å². The Morgan fingerprint density at radius 2 is 2.33 bits per heavy atom. The van der Waals surface area contributed by atoms with Crippen LogP contribution in [0.5, 0.6) is 5.75 Å². The molecule has 1 aromatic heterocycles. The van der Waals surface area contributed by atoms with Gasteiger partial charge in [-0.25, -0.2) is 4.98 Å². The first-order valence-corrected chi connectivity index (χ1v) is 7.38. The molecule has 4 heteroatoms. The number of hydrogen-bond donors (Lipinski definition) is 1. The van der Waals surface area contributed by atoms with Crippen molar-refractivity contribution in [3.63, 3.8) is 0 Å². The van der Waals surface area contributed by atoms with Gasteiger partial charge >= 0.3 is 0 Å². The van der Waals surface area contributed by atoms with Crippen LogP contribution in [0, 0.1) is 0 Å². The second kappa shape index (κ2) is 4.86. The summed E-state index contributed by atoms with van der Waals surface area (Å²) in [6.45, 7) is 2.70. The largest absolute Gasteiger partial charge is 0.494 e. The first-order chi connectivity index (χ1) is 8.78. The number of nitrogens with two attached hydrogens (primary N) is 1. The van der Waals surface area contributed by atoms with E-state index >= 15 is 0 Å². The number of hydrogen-bond acceptors (Lipinski definition) is 4. The maximum absolute atomic E-state index is 6.15. The lowest BCUT2D eigenvalue weighted by atomic mass is 10.1. The fourth-order valence-corrected chi connectivity index (χ4v) is 3.84. The summed E-state index contributed by atoms with van der Waals surface area (Å²) >= 11 is 1.77. The van der Waals surface area contributed by atoms with Gasteiger partial charge in [-0.15, -0.1) is 11.3 Å². The van der Waals surface area contributed by atoms with Crippen LogP contribution in [-0.4, -0.2) is 17.6 Å². The van der Waals surface area contributed by atoms with Gasteiger partial charge in [0.25, 0.3) is 0 Å². The highest BCUT2D eigenvalue weighted by Gasteiger charge is 2.28. The molecular weight excluding hydrogens is 244 g/mol. The fraction of sp³-hybridized carbons (Fsp3) is 0.500. The van der Waals surface area contributed by atoms with Crippen molar-refractivity contribution in [2.75, 3.05) is 6.61 Å². The quantitative estimate of drug-likeness (QED) is 0.923. The van der Waals surface area contributed by atoms with Crippen LogP contribution in [0.15, 0.2) is 18.2 Å². The number of nitrogens with zero attached hydrogens (tertiary/aromatic N) is 1. The highest BCUT2D eigenvalue weighted by molar-refractivity contribution is 7.18. The zero-order valence-corrected chi connectivity index (χ0v) is 11.4. The van der Waals surface area contributed by atoms with Crippen LogP contribution >= 0.6 is 11.3 Å². The van der Waals surface area contributed by atoms with Crippen molar-refractivity contribution in [3.8, 4) is 5.75 Å². The Morgan fingerprint density at radius 1 is 1.44 bits per heavy atom. The second-order valence-corrected chi connectivity index (χ2v) is 5.88. The molecule has 3 rings (SSSR count). The molecule has 3 nitrogen and oxygen atoms in total. The van der Waals surface area contributed by atoms with Gasteiger partial charge in [-0.05, 0) is 38.0 Å². The lowest BCUT2D eigenvalue weighted by molar-refractivity contribution is 0.341. The molecule has 1 heterocycles. The van der Waals surface area contributed by atoms with Crippen molar-refractivity contribution in [3.05, 3.63) is 23.2 Å². The third-order valence-electron chi connectivity index (χ3n) is 3.57. The standard InChI is InChI=1S/C14H18N2OS/c1-2-17-9-6-7-12-13(8-9)18-14(16-12)10-4-3-5-11(10)15/h6-8,10-11H,2-5,15H2,1H3. The lowest BCUT2D eigenvalue weighted by Gasteiger charge is -2.10. The van der Waals surface area contributed by atoms with Gasteiger partial charge in [0.05, 0.1) is 21.8 Å². The molecule has 1 aliphatic carbocycles. The summed E-state index contributed by atoms with van der Waals surface area (Å²) in [6, 6.07) is 6.41. The molecule has 1 fully saturated rings. The maximum atomic E-state index is 6.15. The molecule has 0 spiro atoms. The predicted molar refractivity (Wildman–Crippen MR) is 75.4 cm³/mol. The SMILES string of the molecule is CCOc1ccc2nc(C3CCCC3N)sc2c1. The second-order valence-electron chi connectivity index (χ2n) is 4.82. The van der Waals surface area contributed by atoms with Gasteiger partial charge in [0.2, 0.25) is 0 Å². The monoisotopic (exact) mass is 262 g/mol. The molecule has 0 bridgehead atoms. The summed E-state index contributed by atoms with van der Waals surface area (Å²) < 4.78 is 6.73. The van der Waals surface area contributed by atoms with Crippen molar-refractivity contribution in [1.82, 2.24) is 4.98 Å². The molecular formula is C14H18N2OS. The number of rotatable bonds is 3. The van der Waals surface area contributed by atoms with Crippen LogP contribution < -0.4 is 10.5 Å². The third-order valence-corrected chi connectivity index (χ3v) is 4.72. The molecule has 1 saturated carbocycles. The normalized spacial score (nSPS) is 23.7. The number of benzene rings is 1. The van der Waals surface area contributed by atoms with Crippen molar-refractivity contribution < 1.29 is 4.74 Å². The summed E-state index contributed by atoms with van der Waals surface area (Å²) in [6.07, 6.45) is 3.54. The van der Waals surface area contributed by atoms with E-state index in [1.165, 1.54) is 22.5 Å². The van der Waals surface area contributed by atoms with E-state index in [4.69, 9.17) is 15.5 Å². The zero-order valence-electron chi connectivity index (χ0n) is 10.6. The third kappa shape index (κ3) is 2.10. The molecule has 2 atom stereocenters. The molecule has 2 unspecified atom stereocenters. The Hall–Kier alpha value is -1.13. The van der Waals surface area contributed by atoms with Crippen molar-refractivity contribution in [1.29, 1.82) is 0 Å². The van der Waals surface area contributed by atoms with E-state index in [1.807, 2.05) is 19.1 Å². The minimum absolute atomic E-state index is 0.289. The number of thiazole rings is 1. The summed E-state index contributed by atoms with van der Waals surface area (Å²) in [5.41, 5.74) is 7.22. The van der Waals surface area contributed by atoms with E-state index in [1.54, 1.807) is 11.3 Å². The summed E-state index contributed by atoms with van der Waals surface area (Å²) in [7, 11) is 0. The maximum Gasteiger partial charge on any atom is 0.120 e. The van der Waals surface area contributed by atoms with E-state index in [2.05, 4.69) is 6.07 Å².